The highest BCUT2D eigenvalue weighted by molar-refractivity contribution is 6.41. The zero-order valence-corrected chi connectivity index (χ0v) is 25.7. The standard InChI is InChI=1S/C35H32F4N4O4/c1-40(2)26-7-9-27(10-8-26)41-12-14-42(15-13-41)35(47)31(45)19-30(44)28-18-23(16-24-6-11-29(37)33(39)32(24)38)21-43(34(28)46)20-22-4-3-5-25(36)17-22/h3-11,17-19,21,44H,12-16,20H2,1-2H3. The number of aromatic nitrogens is 1. The summed E-state index contributed by atoms with van der Waals surface area (Å²) in [5, 5.41) is 10.9. The lowest BCUT2D eigenvalue weighted by Gasteiger charge is -2.35. The summed E-state index contributed by atoms with van der Waals surface area (Å²) in [5.74, 6) is -7.73. The number of piperazine rings is 1. The van der Waals surface area contributed by atoms with E-state index in [0.29, 0.717) is 24.7 Å². The van der Waals surface area contributed by atoms with Crippen LogP contribution in [0.1, 0.15) is 22.3 Å². The van der Waals surface area contributed by atoms with Crippen LogP contribution < -0.4 is 15.4 Å². The van der Waals surface area contributed by atoms with Gasteiger partial charge in [-0.25, -0.2) is 17.6 Å². The average molecular weight is 649 g/mol. The normalized spacial score (nSPS) is 13.5. The van der Waals surface area contributed by atoms with Crippen molar-refractivity contribution >= 4 is 28.8 Å². The molecule has 4 aromatic rings. The number of pyridine rings is 1. The highest BCUT2D eigenvalue weighted by atomic mass is 19.2. The van der Waals surface area contributed by atoms with Crippen LogP contribution in [-0.4, -0.2) is 66.5 Å². The maximum Gasteiger partial charge on any atom is 0.294 e. The molecule has 1 aliphatic heterocycles. The first-order valence-corrected chi connectivity index (χ1v) is 14.8. The number of aliphatic hydroxyl groups is 1. The Balaban J connectivity index is 1.37. The molecule has 0 atom stereocenters. The number of ketones is 1. The summed E-state index contributed by atoms with van der Waals surface area (Å²) in [5.41, 5.74) is 1.19. The summed E-state index contributed by atoms with van der Waals surface area (Å²) < 4.78 is 56.9. The van der Waals surface area contributed by atoms with Gasteiger partial charge in [0.1, 0.15) is 11.6 Å². The van der Waals surface area contributed by atoms with Crippen LogP contribution in [0.3, 0.4) is 0 Å². The molecule has 3 aromatic carbocycles. The number of rotatable bonds is 9. The van der Waals surface area contributed by atoms with Gasteiger partial charge in [0.25, 0.3) is 11.5 Å². The Morgan fingerprint density at radius 2 is 1.57 bits per heavy atom. The number of hydrogen-bond acceptors (Lipinski definition) is 6. The largest absolute Gasteiger partial charge is 0.507 e. The molecule has 1 fully saturated rings. The molecule has 1 saturated heterocycles. The fourth-order valence-corrected chi connectivity index (χ4v) is 5.40. The van der Waals surface area contributed by atoms with Gasteiger partial charge in [0.05, 0.1) is 12.1 Å². The van der Waals surface area contributed by atoms with E-state index in [1.54, 1.807) is 6.07 Å². The molecule has 1 aromatic heterocycles. The maximum atomic E-state index is 14.5. The van der Waals surface area contributed by atoms with Gasteiger partial charge >= 0.3 is 0 Å². The molecular weight excluding hydrogens is 616 g/mol. The molecule has 5 rings (SSSR count). The monoisotopic (exact) mass is 648 g/mol. The molecule has 0 unspecified atom stereocenters. The Kier molecular flexibility index (Phi) is 9.78. The second-order valence-electron chi connectivity index (χ2n) is 11.4. The summed E-state index contributed by atoms with van der Waals surface area (Å²) in [7, 11) is 3.89. The zero-order chi connectivity index (χ0) is 33.8. The third-order valence-corrected chi connectivity index (χ3v) is 7.95. The van der Waals surface area contributed by atoms with Crippen LogP contribution in [-0.2, 0) is 22.6 Å². The highest BCUT2D eigenvalue weighted by Gasteiger charge is 2.26. The fraction of sp³-hybridized carbons (Fsp3) is 0.229. The SMILES string of the molecule is CN(C)c1ccc(N2CCN(C(=O)C(=O)C=C(O)c3cc(Cc4ccc(F)c(F)c4F)cn(Cc4cccc(F)c4)c3=O)CC2)cc1. The summed E-state index contributed by atoms with van der Waals surface area (Å²) in [6, 6.07) is 16.3. The number of benzene rings is 3. The van der Waals surface area contributed by atoms with Crippen LogP contribution in [0.25, 0.3) is 5.76 Å². The van der Waals surface area contributed by atoms with Crippen molar-refractivity contribution in [3.8, 4) is 0 Å². The third kappa shape index (κ3) is 7.54. The minimum Gasteiger partial charge on any atom is -0.507 e. The first kappa shape index (κ1) is 33.0. The third-order valence-electron chi connectivity index (χ3n) is 7.95. The van der Waals surface area contributed by atoms with Crippen molar-refractivity contribution in [2.75, 3.05) is 50.1 Å². The minimum atomic E-state index is -1.66. The lowest BCUT2D eigenvalue weighted by Crippen LogP contribution is -2.50. The van der Waals surface area contributed by atoms with Gasteiger partial charge in [-0.2, -0.15) is 0 Å². The molecule has 0 saturated carbocycles. The van der Waals surface area contributed by atoms with Gasteiger partial charge in [-0.15, -0.1) is 0 Å². The van der Waals surface area contributed by atoms with Crippen molar-refractivity contribution in [3.05, 3.63) is 135 Å². The number of anilines is 2. The maximum absolute atomic E-state index is 14.5. The Hall–Kier alpha value is -5.39. The van der Waals surface area contributed by atoms with Gasteiger partial charge in [0.2, 0.25) is 5.78 Å². The Morgan fingerprint density at radius 3 is 2.23 bits per heavy atom. The van der Waals surface area contributed by atoms with Crippen molar-refractivity contribution < 1.29 is 32.3 Å². The van der Waals surface area contributed by atoms with E-state index in [1.165, 1.54) is 35.4 Å². The molecule has 47 heavy (non-hydrogen) atoms. The van der Waals surface area contributed by atoms with E-state index in [2.05, 4.69) is 4.90 Å². The van der Waals surface area contributed by atoms with Crippen LogP contribution in [0.15, 0.2) is 83.8 Å². The van der Waals surface area contributed by atoms with Gasteiger partial charge in [0.15, 0.2) is 17.5 Å². The van der Waals surface area contributed by atoms with E-state index in [1.807, 2.05) is 43.3 Å². The molecule has 1 N–H and O–H groups in total. The number of aliphatic hydroxyl groups excluding tert-OH is 1. The molecule has 8 nitrogen and oxygen atoms in total. The Morgan fingerprint density at radius 1 is 0.872 bits per heavy atom. The van der Waals surface area contributed by atoms with Gasteiger partial charge in [-0.1, -0.05) is 18.2 Å². The predicted octanol–water partition coefficient (Wildman–Crippen LogP) is 4.93. The van der Waals surface area contributed by atoms with E-state index >= 15 is 0 Å². The topological polar surface area (TPSA) is 86.1 Å². The first-order valence-electron chi connectivity index (χ1n) is 14.8. The van der Waals surface area contributed by atoms with Crippen molar-refractivity contribution in [3.63, 3.8) is 0 Å². The molecule has 2 heterocycles. The first-order chi connectivity index (χ1) is 22.4. The Labute approximate surface area is 268 Å². The van der Waals surface area contributed by atoms with Crippen LogP contribution in [0.2, 0.25) is 0 Å². The molecule has 12 heteroatoms. The van der Waals surface area contributed by atoms with Crippen LogP contribution in [0.4, 0.5) is 28.9 Å². The summed E-state index contributed by atoms with van der Waals surface area (Å²) >= 11 is 0. The molecule has 0 spiro atoms. The van der Waals surface area contributed by atoms with Crippen molar-refractivity contribution in [2.45, 2.75) is 13.0 Å². The quantitative estimate of drug-likeness (QED) is 0.0912. The predicted molar refractivity (Wildman–Crippen MR) is 171 cm³/mol. The summed E-state index contributed by atoms with van der Waals surface area (Å²) in [6.45, 7) is 1.29. The van der Waals surface area contributed by atoms with E-state index < -0.39 is 51.8 Å². The summed E-state index contributed by atoms with van der Waals surface area (Å²) in [6.07, 6.45) is 1.65. The smallest absolute Gasteiger partial charge is 0.294 e. The molecule has 0 bridgehead atoms. The lowest BCUT2D eigenvalue weighted by atomic mass is 10.0. The molecule has 244 valence electrons. The summed E-state index contributed by atoms with van der Waals surface area (Å²) in [4.78, 5) is 44.9. The van der Waals surface area contributed by atoms with Crippen molar-refractivity contribution in [1.82, 2.24) is 9.47 Å². The molecule has 1 amide bonds. The lowest BCUT2D eigenvalue weighted by molar-refractivity contribution is -0.142. The van der Waals surface area contributed by atoms with E-state index in [9.17, 15) is 37.1 Å². The second kappa shape index (κ2) is 13.9. The van der Waals surface area contributed by atoms with Crippen LogP contribution in [0.5, 0.6) is 0 Å². The number of carbonyl (C=O) groups excluding carboxylic acids is 2. The molecule has 0 aliphatic carbocycles. The molecule has 1 aliphatic rings. The number of halogens is 4. The van der Waals surface area contributed by atoms with Crippen LogP contribution >= 0.6 is 0 Å². The second-order valence-corrected chi connectivity index (χ2v) is 11.4. The number of amides is 1. The van der Waals surface area contributed by atoms with Crippen molar-refractivity contribution in [1.29, 1.82) is 0 Å². The van der Waals surface area contributed by atoms with E-state index in [-0.39, 0.29) is 37.2 Å². The average Bonchev–Trinajstić information content (AvgIpc) is 3.06. The van der Waals surface area contributed by atoms with E-state index in [0.717, 1.165) is 28.1 Å². The van der Waals surface area contributed by atoms with Crippen molar-refractivity contribution in [2.24, 2.45) is 0 Å². The van der Waals surface area contributed by atoms with Gasteiger partial charge in [-0.05, 0) is 65.2 Å². The highest BCUT2D eigenvalue weighted by Crippen LogP contribution is 2.22. The number of nitrogens with zero attached hydrogens (tertiary/aromatic N) is 4. The van der Waals surface area contributed by atoms with E-state index in [4.69, 9.17) is 0 Å². The number of hydrogen-bond donors (Lipinski definition) is 1. The van der Waals surface area contributed by atoms with Gasteiger partial charge < -0.3 is 24.4 Å². The zero-order valence-electron chi connectivity index (χ0n) is 25.7. The molecule has 0 radical (unpaired) electrons. The van der Waals surface area contributed by atoms with Gasteiger partial charge in [0, 0.05) is 70.3 Å². The minimum absolute atomic E-state index is 0.167. The molecular formula is C35H32F4N4O4. The number of carbonyl (C=O) groups is 2. The van der Waals surface area contributed by atoms with Gasteiger partial charge in [-0.3, -0.25) is 14.4 Å². The van der Waals surface area contributed by atoms with Crippen LogP contribution in [0, 0.1) is 23.3 Å². The fourth-order valence-electron chi connectivity index (χ4n) is 5.40. The Bertz CT molecular complexity index is 1900.